The van der Waals surface area contributed by atoms with Gasteiger partial charge in [0.05, 0.1) is 6.61 Å². The van der Waals surface area contributed by atoms with Crippen molar-refractivity contribution in [3.8, 4) is 5.75 Å². The summed E-state index contributed by atoms with van der Waals surface area (Å²) in [5, 5.41) is 0. The Morgan fingerprint density at radius 3 is 2.85 bits per heavy atom. The van der Waals surface area contributed by atoms with Crippen molar-refractivity contribution in [1.82, 2.24) is 4.90 Å². The number of benzene rings is 1. The molecule has 1 amide bonds. The summed E-state index contributed by atoms with van der Waals surface area (Å²) in [6, 6.07) is 10.2. The number of nitrogens with zero attached hydrogens (tertiary/aromatic N) is 1. The lowest BCUT2D eigenvalue weighted by Crippen LogP contribution is -2.43. The van der Waals surface area contributed by atoms with Gasteiger partial charge >= 0.3 is 0 Å². The second kappa shape index (κ2) is 7.93. The highest BCUT2D eigenvalue weighted by molar-refractivity contribution is 5.76. The molecule has 1 atom stereocenters. The average Bonchev–Trinajstić information content (AvgIpc) is 2.52. The van der Waals surface area contributed by atoms with E-state index >= 15 is 0 Å². The minimum atomic E-state index is 0.299. The highest BCUT2D eigenvalue weighted by atomic mass is 16.5. The molecule has 1 aromatic carbocycles. The molecule has 1 heterocycles. The third-order valence-electron chi connectivity index (χ3n) is 3.97. The number of likely N-dealkylation sites (tertiary alicyclic amines) is 1. The molecular formula is C17H25NO2. The number of piperidine rings is 1. The molecule has 1 fully saturated rings. The number of carbonyl (C=O) groups excluding carboxylic acids is 1. The molecule has 1 aliphatic heterocycles. The van der Waals surface area contributed by atoms with Crippen molar-refractivity contribution in [2.24, 2.45) is 0 Å². The van der Waals surface area contributed by atoms with Crippen molar-refractivity contribution in [2.75, 3.05) is 13.2 Å². The molecule has 0 unspecified atom stereocenters. The van der Waals surface area contributed by atoms with Crippen LogP contribution in [0.3, 0.4) is 0 Å². The third kappa shape index (κ3) is 4.26. The number of hydrogen-bond donors (Lipinski definition) is 0. The van der Waals surface area contributed by atoms with Gasteiger partial charge in [-0.25, -0.2) is 0 Å². The van der Waals surface area contributed by atoms with E-state index in [1.165, 1.54) is 12.8 Å². The van der Waals surface area contributed by atoms with Crippen molar-refractivity contribution >= 4 is 5.91 Å². The van der Waals surface area contributed by atoms with Crippen LogP contribution in [0.2, 0.25) is 0 Å². The zero-order chi connectivity index (χ0) is 14.2. The second-order valence-corrected chi connectivity index (χ2v) is 5.41. The largest absolute Gasteiger partial charge is 0.494 e. The molecule has 0 bridgehead atoms. The number of rotatable bonds is 6. The standard InChI is InChI=1S/C17H25NO2/c1-2-15-9-6-7-13-18(15)17(19)12-8-14-20-16-10-4-3-5-11-16/h3-5,10-11,15H,2,6-9,12-14H2,1H3/t15-/m1/s1. The molecule has 1 aliphatic rings. The van der Waals surface area contributed by atoms with E-state index in [2.05, 4.69) is 11.8 Å². The van der Waals surface area contributed by atoms with Crippen molar-refractivity contribution in [1.29, 1.82) is 0 Å². The zero-order valence-corrected chi connectivity index (χ0v) is 12.4. The smallest absolute Gasteiger partial charge is 0.222 e. The van der Waals surface area contributed by atoms with Crippen LogP contribution < -0.4 is 4.74 Å². The Kier molecular flexibility index (Phi) is 5.90. The van der Waals surface area contributed by atoms with E-state index < -0.39 is 0 Å². The molecule has 3 heteroatoms. The van der Waals surface area contributed by atoms with Gasteiger partial charge in [0.2, 0.25) is 5.91 Å². The van der Waals surface area contributed by atoms with Crippen LogP contribution >= 0.6 is 0 Å². The van der Waals surface area contributed by atoms with Gasteiger partial charge in [0, 0.05) is 19.0 Å². The zero-order valence-electron chi connectivity index (χ0n) is 12.4. The van der Waals surface area contributed by atoms with Crippen LogP contribution in [-0.4, -0.2) is 30.0 Å². The fraction of sp³-hybridized carbons (Fsp3) is 0.588. The van der Waals surface area contributed by atoms with Crippen LogP contribution in [0, 0.1) is 0 Å². The Morgan fingerprint density at radius 1 is 1.30 bits per heavy atom. The van der Waals surface area contributed by atoms with Gasteiger partial charge in [-0.2, -0.15) is 0 Å². The molecule has 0 spiro atoms. The Balaban J connectivity index is 1.69. The summed E-state index contributed by atoms with van der Waals surface area (Å²) in [5.74, 6) is 1.18. The Morgan fingerprint density at radius 2 is 2.10 bits per heavy atom. The molecular weight excluding hydrogens is 250 g/mol. The molecule has 0 saturated carbocycles. The van der Waals surface area contributed by atoms with E-state index in [-0.39, 0.29) is 0 Å². The van der Waals surface area contributed by atoms with Gasteiger partial charge in [-0.05, 0) is 44.2 Å². The van der Waals surface area contributed by atoms with Gasteiger partial charge in [-0.15, -0.1) is 0 Å². The number of hydrogen-bond acceptors (Lipinski definition) is 2. The van der Waals surface area contributed by atoms with Gasteiger partial charge in [-0.3, -0.25) is 4.79 Å². The summed E-state index contributed by atoms with van der Waals surface area (Å²) in [7, 11) is 0. The van der Waals surface area contributed by atoms with Crippen LogP contribution in [0.5, 0.6) is 5.75 Å². The highest BCUT2D eigenvalue weighted by Crippen LogP contribution is 2.20. The Hall–Kier alpha value is -1.51. The molecule has 20 heavy (non-hydrogen) atoms. The summed E-state index contributed by atoms with van der Waals surface area (Å²) in [5.41, 5.74) is 0. The van der Waals surface area contributed by atoms with E-state index in [0.717, 1.165) is 31.6 Å². The highest BCUT2D eigenvalue weighted by Gasteiger charge is 2.24. The first kappa shape index (κ1) is 14.9. The van der Waals surface area contributed by atoms with Crippen molar-refractivity contribution in [3.63, 3.8) is 0 Å². The van der Waals surface area contributed by atoms with Crippen molar-refractivity contribution in [2.45, 2.75) is 51.5 Å². The summed E-state index contributed by atoms with van der Waals surface area (Å²) < 4.78 is 5.63. The van der Waals surface area contributed by atoms with Crippen LogP contribution in [0.1, 0.15) is 45.4 Å². The first-order valence-electron chi connectivity index (χ1n) is 7.78. The lowest BCUT2D eigenvalue weighted by Gasteiger charge is -2.35. The van der Waals surface area contributed by atoms with E-state index in [0.29, 0.717) is 25.0 Å². The average molecular weight is 275 g/mol. The minimum Gasteiger partial charge on any atom is -0.494 e. The Bertz CT molecular complexity index is 405. The van der Waals surface area contributed by atoms with Gasteiger partial charge < -0.3 is 9.64 Å². The predicted octanol–water partition coefficient (Wildman–Crippen LogP) is 3.64. The van der Waals surface area contributed by atoms with Crippen LogP contribution in [0.25, 0.3) is 0 Å². The number of ether oxygens (including phenoxy) is 1. The summed E-state index contributed by atoms with van der Waals surface area (Å²) in [6.07, 6.45) is 6.06. The normalized spacial score (nSPS) is 18.9. The molecule has 0 radical (unpaired) electrons. The first-order valence-corrected chi connectivity index (χ1v) is 7.78. The van der Waals surface area contributed by atoms with Gasteiger partial charge in [0.15, 0.2) is 0 Å². The molecule has 1 saturated heterocycles. The fourth-order valence-corrected chi connectivity index (χ4v) is 2.83. The quantitative estimate of drug-likeness (QED) is 0.742. The van der Waals surface area contributed by atoms with Crippen LogP contribution in [-0.2, 0) is 4.79 Å². The predicted molar refractivity (Wildman–Crippen MR) is 80.8 cm³/mol. The number of amides is 1. The van der Waals surface area contributed by atoms with E-state index in [9.17, 15) is 4.79 Å². The number of carbonyl (C=O) groups is 1. The van der Waals surface area contributed by atoms with E-state index in [1.807, 2.05) is 30.3 Å². The summed E-state index contributed by atoms with van der Waals surface area (Å²) in [6.45, 7) is 3.73. The Labute approximate surface area is 121 Å². The first-order chi connectivity index (χ1) is 9.81. The van der Waals surface area contributed by atoms with Crippen molar-refractivity contribution in [3.05, 3.63) is 30.3 Å². The number of para-hydroxylation sites is 1. The molecule has 2 rings (SSSR count). The maximum atomic E-state index is 12.2. The maximum absolute atomic E-state index is 12.2. The van der Waals surface area contributed by atoms with Gasteiger partial charge in [0.25, 0.3) is 0 Å². The lowest BCUT2D eigenvalue weighted by molar-refractivity contribution is -0.135. The third-order valence-corrected chi connectivity index (χ3v) is 3.97. The van der Waals surface area contributed by atoms with Crippen LogP contribution in [0.15, 0.2) is 30.3 Å². The van der Waals surface area contributed by atoms with Gasteiger partial charge in [-0.1, -0.05) is 25.1 Å². The van der Waals surface area contributed by atoms with Crippen molar-refractivity contribution < 1.29 is 9.53 Å². The summed E-state index contributed by atoms with van der Waals surface area (Å²) in [4.78, 5) is 14.3. The lowest BCUT2D eigenvalue weighted by atomic mass is 9.99. The molecule has 3 nitrogen and oxygen atoms in total. The van der Waals surface area contributed by atoms with Gasteiger partial charge in [0.1, 0.15) is 5.75 Å². The monoisotopic (exact) mass is 275 g/mol. The van der Waals surface area contributed by atoms with Crippen LogP contribution in [0.4, 0.5) is 0 Å². The van der Waals surface area contributed by atoms with E-state index in [1.54, 1.807) is 0 Å². The second-order valence-electron chi connectivity index (χ2n) is 5.41. The molecule has 110 valence electrons. The van der Waals surface area contributed by atoms with E-state index in [4.69, 9.17) is 4.74 Å². The summed E-state index contributed by atoms with van der Waals surface area (Å²) >= 11 is 0. The SMILES string of the molecule is CC[C@@H]1CCCCN1C(=O)CCCOc1ccccc1. The maximum Gasteiger partial charge on any atom is 0.222 e. The molecule has 1 aromatic rings. The fourth-order valence-electron chi connectivity index (χ4n) is 2.83. The molecule has 0 aromatic heterocycles. The minimum absolute atomic E-state index is 0.299. The molecule has 0 N–H and O–H groups in total. The topological polar surface area (TPSA) is 29.5 Å². The molecule has 0 aliphatic carbocycles.